The maximum Gasteiger partial charge on any atom is 0.243 e. The fourth-order valence-corrected chi connectivity index (χ4v) is 2.32. The first kappa shape index (κ1) is 14.3. The molecule has 2 amide bonds. The molecule has 3 unspecified atom stereocenters. The molecule has 1 aliphatic rings. The molecule has 3 atom stereocenters. The van der Waals surface area contributed by atoms with Crippen molar-refractivity contribution in [3.8, 4) is 0 Å². The molecule has 0 aliphatic heterocycles. The molecule has 1 aliphatic carbocycles. The van der Waals surface area contributed by atoms with Gasteiger partial charge in [-0.2, -0.15) is 12.6 Å². The van der Waals surface area contributed by atoms with E-state index in [2.05, 4.69) is 23.3 Å². The van der Waals surface area contributed by atoms with Gasteiger partial charge in [-0.25, -0.2) is 0 Å². The molecular formula is C11H21N3O2S. The van der Waals surface area contributed by atoms with E-state index in [1.807, 2.05) is 0 Å². The van der Waals surface area contributed by atoms with Crippen molar-refractivity contribution in [1.82, 2.24) is 10.6 Å². The Morgan fingerprint density at radius 3 is 2.59 bits per heavy atom. The molecule has 1 rings (SSSR count). The number of carbonyl (C=O) groups is 2. The fraction of sp³-hybridized carbons (Fsp3) is 0.818. The van der Waals surface area contributed by atoms with E-state index in [0.29, 0.717) is 0 Å². The van der Waals surface area contributed by atoms with Crippen molar-refractivity contribution in [2.24, 2.45) is 5.73 Å². The molecule has 98 valence electrons. The van der Waals surface area contributed by atoms with Crippen LogP contribution in [0.3, 0.4) is 0 Å². The largest absolute Gasteiger partial charge is 0.350 e. The molecule has 0 bridgehead atoms. The molecule has 0 aromatic rings. The first-order valence-electron chi connectivity index (χ1n) is 5.98. The van der Waals surface area contributed by atoms with Crippen LogP contribution in [0.15, 0.2) is 0 Å². The first-order valence-corrected chi connectivity index (χ1v) is 6.61. The summed E-state index contributed by atoms with van der Waals surface area (Å²) in [4.78, 5) is 22.8. The Morgan fingerprint density at radius 2 is 2.06 bits per heavy atom. The van der Waals surface area contributed by atoms with Crippen LogP contribution in [0.2, 0.25) is 0 Å². The summed E-state index contributed by atoms with van der Waals surface area (Å²) in [6.45, 7) is 1.38. The van der Waals surface area contributed by atoms with Gasteiger partial charge in [-0.05, 0) is 12.8 Å². The molecule has 1 saturated carbocycles. The summed E-state index contributed by atoms with van der Waals surface area (Å²) in [5.41, 5.74) is 5.95. The van der Waals surface area contributed by atoms with Crippen LogP contribution < -0.4 is 16.4 Å². The normalized spacial score (nSPS) is 26.1. The third-order valence-corrected chi connectivity index (χ3v) is 3.39. The summed E-state index contributed by atoms with van der Waals surface area (Å²) in [7, 11) is 0. The van der Waals surface area contributed by atoms with Gasteiger partial charge in [0.25, 0.3) is 0 Å². The van der Waals surface area contributed by atoms with Gasteiger partial charge in [0.15, 0.2) is 0 Å². The molecule has 0 radical (unpaired) electrons. The van der Waals surface area contributed by atoms with Gasteiger partial charge in [-0.15, -0.1) is 0 Å². The summed E-state index contributed by atoms with van der Waals surface area (Å²) in [5.74, 6) is -0.141. The maximum absolute atomic E-state index is 11.9. The number of amides is 2. The number of nitrogens with two attached hydrogens (primary N) is 1. The highest BCUT2D eigenvalue weighted by molar-refractivity contribution is 7.80. The lowest BCUT2D eigenvalue weighted by molar-refractivity contribution is -0.128. The molecule has 0 aromatic heterocycles. The quantitative estimate of drug-likeness (QED) is 0.528. The van der Waals surface area contributed by atoms with Gasteiger partial charge in [-0.3, -0.25) is 9.59 Å². The van der Waals surface area contributed by atoms with Crippen molar-refractivity contribution < 1.29 is 9.59 Å². The number of thiol groups is 1. The van der Waals surface area contributed by atoms with Crippen LogP contribution in [-0.2, 0) is 9.59 Å². The van der Waals surface area contributed by atoms with E-state index in [1.54, 1.807) is 0 Å². The van der Waals surface area contributed by atoms with Crippen LogP contribution in [-0.4, -0.2) is 35.7 Å². The van der Waals surface area contributed by atoms with E-state index in [9.17, 15) is 9.59 Å². The summed E-state index contributed by atoms with van der Waals surface area (Å²) in [5, 5.41) is 5.46. The van der Waals surface area contributed by atoms with Crippen molar-refractivity contribution in [1.29, 1.82) is 0 Å². The van der Waals surface area contributed by atoms with Crippen LogP contribution in [0, 0.1) is 0 Å². The van der Waals surface area contributed by atoms with E-state index < -0.39 is 6.04 Å². The van der Waals surface area contributed by atoms with Crippen LogP contribution in [0.1, 0.15) is 32.6 Å². The highest BCUT2D eigenvalue weighted by atomic mass is 32.1. The zero-order valence-electron chi connectivity index (χ0n) is 10.1. The van der Waals surface area contributed by atoms with Crippen molar-refractivity contribution in [2.75, 3.05) is 5.75 Å². The van der Waals surface area contributed by atoms with E-state index in [-0.39, 0.29) is 29.7 Å². The van der Waals surface area contributed by atoms with E-state index in [0.717, 1.165) is 25.7 Å². The summed E-state index contributed by atoms with van der Waals surface area (Å²) in [6, 6.07) is -0.539. The third-order valence-electron chi connectivity index (χ3n) is 3.02. The minimum Gasteiger partial charge on any atom is -0.350 e. The standard InChI is InChI=1S/C11H21N3O2S/c1-7(15)13-10(6-17)11(16)14-9-5-3-2-4-8(9)12/h8-10,17H,2-6,12H2,1H3,(H,13,15)(H,14,16). The second-order valence-corrected chi connectivity index (χ2v) is 4.86. The monoisotopic (exact) mass is 259 g/mol. The van der Waals surface area contributed by atoms with Crippen LogP contribution in [0.4, 0.5) is 0 Å². The zero-order chi connectivity index (χ0) is 12.8. The Morgan fingerprint density at radius 1 is 1.41 bits per heavy atom. The van der Waals surface area contributed by atoms with Crippen molar-refractivity contribution in [3.63, 3.8) is 0 Å². The number of rotatable bonds is 4. The van der Waals surface area contributed by atoms with Gasteiger partial charge in [0, 0.05) is 24.8 Å². The molecule has 0 heterocycles. The number of hydrogen-bond acceptors (Lipinski definition) is 4. The van der Waals surface area contributed by atoms with Crippen LogP contribution >= 0.6 is 12.6 Å². The van der Waals surface area contributed by atoms with E-state index in [1.165, 1.54) is 6.92 Å². The molecule has 6 heteroatoms. The topological polar surface area (TPSA) is 84.2 Å². The van der Waals surface area contributed by atoms with Gasteiger partial charge in [0.05, 0.1) is 0 Å². The SMILES string of the molecule is CC(=O)NC(CS)C(=O)NC1CCCCC1N. The van der Waals surface area contributed by atoms with Crippen molar-refractivity contribution in [3.05, 3.63) is 0 Å². The molecule has 1 fully saturated rings. The molecule has 4 N–H and O–H groups in total. The van der Waals surface area contributed by atoms with Gasteiger partial charge in [-0.1, -0.05) is 12.8 Å². The minimum atomic E-state index is -0.579. The third kappa shape index (κ3) is 4.55. The highest BCUT2D eigenvalue weighted by Gasteiger charge is 2.26. The van der Waals surface area contributed by atoms with E-state index >= 15 is 0 Å². The molecular weight excluding hydrogens is 238 g/mol. The molecule has 5 nitrogen and oxygen atoms in total. The Kier molecular flexibility index (Phi) is 5.77. The van der Waals surface area contributed by atoms with Gasteiger partial charge in [0.2, 0.25) is 11.8 Å². The zero-order valence-corrected chi connectivity index (χ0v) is 11.0. The van der Waals surface area contributed by atoms with Crippen LogP contribution in [0.25, 0.3) is 0 Å². The van der Waals surface area contributed by atoms with Crippen LogP contribution in [0.5, 0.6) is 0 Å². The summed E-state index contributed by atoms with van der Waals surface area (Å²) in [6.07, 6.45) is 4.06. The van der Waals surface area contributed by atoms with Crippen molar-refractivity contribution >= 4 is 24.4 Å². The maximum atomic E-state index is 11.9. The van der Waals surface area contributed by atoms with Gasteiger partial charge in [0.1, 0.15) is 6.04 Å². The van der Waals surface area contributed by atoms with Gasteiger partial charge < -0.3 is 16.4 Å². The predicted molar refractivity (Wildman–Crippen MR) is 69.8 cm³/mol. The Bertz CT molecular complexity index is 286. The van der Waals surface area contributed by atoms with Gasteiger partial charge >= 0.3 is 0 Å². The summed E-state index contributed by atoms with van der Waals surface area (Å²) >= 11 is 4.06. The summed E-state index contributed by atoms with van der Waals surface area (Å²) < 4.78 is 0. The number of carbonyl (C=O) groups excluding carboxylic acids is 2. The van der Waals surface area contributed by atoms with Crippen molar-refractivity contribution in [2.45, 2.75) is 50.7 Å². The lowest BCUT2D eigenvalue weighted by Crippen LogP contribution is -2.55. The molecule has 17 heavy (non-hydrogen) atoms. The molecule has 0 saturated heterocycles. The number of nitrogens with one attached hydrogen (secondary N) is 2. The predicted octanol–water partition coefficient (Wildman–Crippen LogP) is -0.193. The second kappa shape index (κ2) is 6.86. The Balaban J connectivity index is 2.47. The average molecular weight is 259 g/mol. The lowest BCUT2D eigenvalue weighted by atomic mass is 9.91. The smallest absolute Gasteiger partial charge is 0.243 e. The Labute approximate surface area is 107 Å². The average Bonchev–Trinajstić information content (AvgIpc) is 2.28. The fourth-order valence-electron chi connectivity index (χ4n) is 2.06. The molecule has 0 spiro atoms. The highest BCUT2D eigenvalue weighted by Crippen LogP contribution is 2.16. The number of hydrogen-bond donors (Lipinski definition) is 4. The minimum absolute atomic E-state index is 0.0191. The molecule has 0 aromatic carbocycles. The van der Waals surface area contributed by atoms with E-state index in [4.69, 9.17) is 5.73 Å². The Hall–Kier alpha value is -0.750. The first-order chi connectivity index (χ1) is 8.04. The lowest BCUT2D eigenvalue weighted by Gasteiger charge is -2.30. The second-order valence-electron chi connectivity index (χ2n) is 4.50.